The number of anilines is 1. The van der Waals surface area contributed by atoms with Crippen molar-refractivity contribution in [3.8, 4) is 0 Å². The number of nitrogens with zero attached hydrogens (tertiary/aromatic N) is 1. The molecule has 2 heterocycles. The van der Waals surface area contributed by atoms with Crippen LogP contribution in [0.2, 0.25) is 0 Å². The lowest BCUT2D eigenvalue weighted by Crippen LogP contribution is -2.29. The van der Waals surface area contributed by atoms with Crippen LogP contribution in [-0.2, 0) is 9.53 Å². The van der Waals surface area contributed by atoms with Crippen LogP contribution in [0.1, 0.15) is 22.4 Å². The van der Waals surface area contributed by atoms with Gasteiger partial charge in [0.2, 0.25) is 0 Å². The van der Waals surface area contributed by atoms with E-state index >= 15 is 0 Å². The number of ether oxygens (including phenoxy) is 1. The maximum atomic E-state index is 11.8. The molecule has 0 aliphatic carbocycles. The molecule has 7 heteroatoms. The van der Waals surface area contributed by atoms with E-state index in [1.165, 1.54) is 18.3 Å². The summed E-state index contributed by atoms with van der Waals surface area (Å²) in [5.74, 6) is -0.104. The van der Waals surface area contributed by atoms with E-state index in [-0.39, 0.29) is 0 Å². The number of carbonyl (C=O) groups excluding carboxylic acids is 2. The fourth-order valence-electron chi connectivity index (χ4n) is 1.32. The standard InChI is InChI=1S/C12H12N2O4S/c1-7-6-10(14-18-7)13-11(15)8(2)17-12(16)9-4-3-5-19-9/h3-6,8H,1-2H3,(H,13,14,15). The van der Waals surface area contributed by atoms with Crippen molar-refractivity contribution in [1.82, 2.24) is 5.16 Å². The molecule has 1 amide bonds. The Labute approximate surface area is 113 Å². The largest absolute Gasteiger partial charge is 0.448 e. The number of nitrogens with one attached hydrogen (secondary N) is 1. The van der Waals surface area contributed by atoms with Gasteiger partial charge in [0, 0.05) is 6.07 Å². The third-order valence-electron chi connectivity index (χ3n) is 2.25. The van der Waals surface area contributed by atoms with E-state index in [1.54, 1.807) is 30.5 Å². The average molecular weight is 280 g/mol. The molecule has 0 fully saturated rings. The summed E-state index contributed by atoms with van der Waals surface area (Å²) in [4.78, 5) is 23.9. The van der Waals surface area contributed by atoms with E-state index < -0.39 is 18.0 Å². The summed E-state index contributed by atoms with van der Waals surface area (Å²) in [6, 6.07) is 4.95. The van der Waals surface area contributed by atoms with Crippen LogP contribution in [0, 0.1) is 6.92 Å². The first-order chi connectivity index (χ1) is 9.06. The SMILES string of the molecule is Cc1cc(NC(=O)C(C)OC(=O)c2cccs2)no1. The molecule has 100 valence electrons. The Morgan fingerprint density at radius 1 is 1.53 bits per heavy atom. The molecule has 0 aliphatic heterocycles. The Hall–Kier alpha value is -2.15. The van der Waals surface area contributed by atoms with E-state index in [4.69, 9.17) is 9.26 Å². The number of aryl methyl sites for hydroxylation is 1. The summed E-state index contributed by atoms with van der Waals surface area (Å²) in [5.41, 5.74) is 0. The van der Waals surface area contributed by atoms with Crippen LogP contribution < -0.4 is 5.32 Å². The summed E-state index contributed by atoms with van der Waals surface area (Å²) >= 11 is 1.26. The molecule has 0 aliphatic rings. The lowest BCUT2D eigenvalue weighted by atomic mass is 10.3. The van der Waals surface area contributed by atoms with Gasteiger partial charge in [-0.15, -0.1) is 11.3 Å². The zero-order chi connectivity index (χ0) is 13.8. The van der Waals surface area contributed by atoms with Gasteiger partial charge in [0.15, 0.2) is 11.9 Å². The highest BCUT2D eigenvalue weighted by Gasteiger charge is 2.20. The third kappa shape index (κ3) is 3.41. The first-order valence-electron chi connectivity index (χ1n) is 5.55. The van der Waals surface area contributed by atoms with Crippen LogP contribution in [-0.4, -0.2) is 23.1 Å². The molecule has 1 N–H and O–H groups in total. The smallest absolute Gasteiger partial charge is 0.349 e. The number of rotatable bonds is 4. The van der Waals surface area contributed by atoms with Crippen LogP contribution in [0.3, 0.4) is 0 Å². The fraction of sp³-hybridized carbons (Fsp3) is 0.250. The lowest BCUT2D eigenvalue weighted by molar-refractivity contribution is -0.123. The monoisotopic (exact) mass is 280 g/mol. The van der Waals surface area contributed by atoms with Gasteiger partial charge in [-0.2, -0.15) is 0 Å². The van der Waals surface area contributed by atoms with Gasteiger partial charge in [-0.05, 0) is 25.3 Å². The third-order valence-corrected chi connectivity index (χ3v) is 3.10. The van der Waals surface area contributed by atoms with Gasteiger partial charge in [0.05, 0.1) is 0 Å². The molecule has 0 bridgehead atoms. The van der Waals surface area contributed by atoms with Crippen LogP contribution in [0.15, 0.2) is 28.1 Å². The zero-order valence-corrected chi connectivity index (χ0v) is 11.2. The molecule has 0 saturated carbocycles. The van der Waals surface area contributed by atoms with E-state index in [9.17, 15) is 9.59 Å². The van der Waals surface area contributed by atoms with Crippen molar-refractivity contribution in [1.29, 1.82) is 0 Å². The van der Waals surface area contributed by atoms with Gasteiger partial charge < -0.3 is 14.6 Å². The maximum Gasteiger partial charge on any atom is 0.349 e. The van der Waals surface area contributed by atoms with Crippen molar-refractivity contribution in [2.75, 3.05) is 5.32 Å². The Kier molecular flexibility index (Phi) is 3.96. The van der Waals surface area contributed by atoms with Gasteiger partial charge in [0.1, 0.15) is 10.6 Å². The van der Waals surface area contributed by atoms with Crippen molar-refractivity contribution < 1.29 is 18.8 Å². The zero-order valence-electron chi connectivity index (χ0n) is 10.4. The van der Waals surface area contributed by atoms with Gasteiger partial charge >= 0.3 is 5.97 Å². The van der Waals surface area contributed by atoms with Gasteiger partial charge in [0.25, 0.3) is 5.91 Å². The Balaban J connectivity index is 1.91. The first kappa shape index (κ1) is 13.3. The van der Waals surface area contributed by atoms with Crippen molar-refractivity contribution in [3.63, 3.8) is 0 Å². The summed E-state index contributed by atoms with van der Waals surface area (Å²) in [6.45, 7) is 3.21. The number of hydrogen-bond acceptors (Lipinski definition) is 6. The molecule has 1 atom stereocenters. The second-order valence-corrected chi connectivity index (χ2v) is 4.78. The van der Waals surface area contributed by atoms with Crippen molar-refractivity contribution in [2.45, 2.75) is 20.0 Å². The predicted molar refractivity (Wildman–Crippen MR) is 69.1 cm³/mol. The number of hydrogen-bond donors (Lipinski definition) is 1. The van der Waals surface area contributed by atoms with Crippen LogP contribution in [0.25, 0.3) is 0 Å². The van der Waals surface area contributed by atoms with E-state index in [0.29, 0.717) is 16.5 Å². The second kappa shape index (κ2) is 5.66. The molecule has 2 aromatic rings. The Morgan fingerprint density at radius 2 is 2.32 bits per heavy atom. The highest BCUT2D eigenvalue weighted by Crippen LogP contribution is 2.12. The number of thiophene rings is 1. The predicted octanol–water partition coefficient (Wildman–Crippen LogP) is 2.23. The molecule has 19 heavy (non-hydrogen) atoms. The molecular formula is C12H12N2O4S. The summed E-state index contributed by atoms with van der Waals surface area (Å²) in [6.07, 6.45) is -0.911. The maximum absolute atomic E-state index is 11.8. The molecular weight excluding hydrogens is 268 g/mol. The first-order valence-corrected chi connectivity index (χ1v) is 6.43. The highest BCUT2D eigenvalue weighted by atomic mass is 32.1. The molecule has 0 spiro atoms. The van der Waals surface area contributed by atoms with Crippen molar-refractivity contribution in [3.05, 3.63) is 34.2 Å². The molecule has 1 unspecified atom stereocenters. The van der Waals surface area contributed by atoms with E-state index in [1.807, 2.05) is 0 Å². The number of carbonyl (C=O) groups is 2. The van der Waals surface area contributed by atoms with E-state index in [2.05, 4.69) is 10.5 Å². The Morgan fingerprint density at radius 3 is 2.89 bits per heavy atom. The van der Waals surface area contributed by atoms with Crippen LogP contribution >= 0.6 is 11.3 Å². The second-order valence-electron chi connectivity index (χ2n) is 3.84. The molecule has 2 rings (SSSR count). The molecule has 6 nitrogen and oxygen atoms in total. The summed E-state index contributed by atoms with van der Waals surface area (Å²) in [5, 5.41) is 7.88. The number of aromatic nitrogens is 1. The fourth-order valence-corrected chi connectivity index (χ4v) is 1.93. The van der Waals surface area contributed by atoms with Gasteiger partial charge in [-0.3, -0.25) is 4.79 Å². The lowest BCUT2D eigenvalue weighted by Gasteiger charge is -2.11. The van der Waals surface area contributed by atoms with Crippen LogP contribution in [0.4, 0.5) is 5.82 Å². The molecule has 0 aromatic carbocycles. The minimum Gasteiger partial charge on any atom is -0.448 e. The molecule has 2 aromatic heterocycles. The number of esters is 1. The summed E-state index contributed by atoms with van der Waals surface area (Å²) in [7, 11) is 0. The Bertz CT molecular complexity index is 576. The number of amides is 1. The minimum absolute atomic E-state index is 0.293. The minimum atomic E-state index is -0.911. The molecule has 0 radical (unpaired) electrons. The van der Waals surface area contributed by atoms with Crippen LogP contribution in [0.5, 0.6) is 0 Å². The summed E-state index contributed by atoms with van der Waals surface area (Å²) < 4.78 is 9.85. The normalized spacial score (nSPS) is 11.9. The van der Waals surface area contributed by atoms with Gasteiger partial charge in [-0.1, -0.05) is 11.2 Å². The van der Waals surface area contributed by atoms with Crippen molar-refractivity contribution >= 4 is 29.0 Å². The molecule has 0 saturated heterocycles. The van der Waals surface area contributed by atoms with Crippen molar-refractivity contribution in [2.24, 2.45) is 0 Å². The quantitative estimate of drug-likeness (QED) is 0.868. The topological polar surface area (TPSA) is 81.4 Å². The van der Waals surface area contributed by atoms with E-state index in [0.717, 1.165) is 0 Å². The average Bonchev–Trinajstić information content (AvgIpc) is 3.00. The highest BCUT2D eigenvalue weighted by molar-refractivity contribution is 7.11. The van der Waals surface area contributed by atoms with Gasteiger partial charge in [-0.25, -0.2) is 4.79 Å².